The van der Waals surface area contributed by atoms with Gasteiger partial charge >= 0.3 is 0 Å². The van der Waals surface area contributed by atoms with Gasteiger partial charge in [0.15, 0.2) is 0 Å². The van der Waals surface area contributed by atoms with Gasteiger partial charge in [-0.2, -0.15) is 0 Å². The SMILES string of the molecule is CN(C)CCCNc1ncccc1Cl. The van der Waals surface area contributed by atoms with Gasteiger partial charge in [-0.25, -0.2) is 4.98 Å². The van der Waals surface area contributed by atoms with Crippen LogP contribution in [0.25, 0.3) is 0 Å². The molecule has 0 bridgehead atoms. The summed E-state index contributed by atoms with van der Waals surface area (Å²) in [5.41, 5.74) is 0. The van der Waals surface area contributed by atoms with E-state index < -0.39 is 0 Å². The summed E-state index contributed by atoms with van der Waals surface area (Å²) in [6.07, 6.45) is 2.82. The largest absolute Gasteiger partial charge is 0.369 e. The smallest absolute Gasteiger partial charge is 0.144 e. The molecule has 1 aromatic heterocycles. The summed E-state index contributed by atoms with van der Waals surface area (Å²) in [6.45, 7) is 1.96. The molecule has 0 amide bonds. The number of nitrogens with zero attached hydrogens (tertiary/aromatic N) is 2. The van der Waals surface area contributed by atoms with Crippen LogP contribution >= 0.6 is 11.6 Å². The van der Waals surface area contributed by atoms with Crippen molar-refractivity contribution >= 4 is 17.4 Å². The summed E-state index contributed by atoms with van der Waals surface area (Å²) in [5.74, 6) is 0.771. The number of halogens is 1. The molecule has 0 unspecified atom stereocenters. The molecule has 1 N–H and O–H groups in total. The predicted molar refractivity (Wildman–Crippen MR) is 60.9 cm³/mol. The molecule has 4 heteroatoms. The monoisotopic (exact) mass is 213 g/mol. The van der Waals surface area contributed by atoms with E-state index in [4.69, 9.17) is 11.6 Å². The quantitative estimate of drug-likeness (QED) is 0.760. The second-order valence-electron chi connectivity index (χ2n) is 3.42. The van der Waals surface area contributed by atoms with Crippen molar-refractivity contribution in [1.29, 1.82) is 0 Å². The standard InChI is InChI=1S/C10H16ClN3/c1-14(2)8-4-7-13-10-9(11)5-3-6-12-10/h3,5-6H,4,7-8H2,1-2H3,(H,12,13). The van der Waals surface area contributed by atoms with Crippen molar-refractivity contribution in [2.75, 3.05) is 32.5 Å². The first kappa shape index (κ1) is 11.3. The lowest BCUT2D eigenvalue weighted by molar-refractivity contribution is 0.405. The van der Waals surface area contributed by atoms with Crippen molar-refractivity contribution in [3.63, 3.8) is 0 Å². The molecule has 0 spiro atoms. The molecule has 1 aromatic rings. The molecular weight excluding hydrogens is 198 g/mol. The van der Waals surface area contributed by atoms with Crippen molar-refractivity contribution < 1.29 is 0 Å². The Morgan fingerprint density at radius 1 is 1.50 bits per heavy atom. The molecule has 0 atom stereocenters. The molecule has 3 nitrogen and oxygen atoms in total. The Morgan fingerprint density at radius 3 is 2.93 bits per heavy atom. The molecule has 78 valence electrons. The Hall–Kier alpha value is -0.800. The molecule has 1 heterocycles. The fourth-order valence-corrected chi connectivity index (χ4v) is 1.31. The molecule has 14 heavy (non-hydrogen) atoms. The highest BCUT2D eigenvalue weighted by molar-refractivity contribution is 6.32. The van der Waals surface area contributed by atoms with E-state index in [9.17, 15) is 0 Å². The van der Waals surface area contributed by atoms with Crippen LogP contribution < -0.4 is 5.32 Å². The van der Waals surface area contributed by atoms with Crippen LogP contribution in [0.4, 0.5) is 5.82 Å². The molecule has 0 fully saturated rings. The summed E-state index contributed by atoms with van der Waals surface area (Å²) in [7, 11) is 4.13. The van der Waals surface area contributed by atoms with Crippen LogP contribution in [0.15, 0.2) is 18.3 Å². The molecule has 0 aliphatic rings. The number of hydrogen-bond donors (Lipinski definition) is 1. The van der Waals surface area contributed by atoms with E-state index in [0.29, 0.717) is 5.02 Å². The van der Waals surface area contributed by atoms with E-state index in [1.54, 1.807) is 6.20 Å². The lowest BCUT2D eigenvalue weighted by Gasteiger charge is -2.10. The number of nitrogens with one attached hydrogen (secondary N) is 1. The minimum Gasteiger partial charge on any atom is -0.369 e. The second-order valence-corrected chi connectivity index (χ2v) is 3.82. The Bertz CT molecular complexity index is 276. The summed E-state index contributed by atoms with van der Waals surface area (Å²) in [5, 5.41) is 3.88. The lowest BCUT2D eigenvalue weighted by Crippen LogP contribution is -2.16. The summed E-state index contributed by atoms with van der Waals surface area (Å²) in [6, 6.07) is 3.66. The average molecular weight is 214 g/mol. The van der Waals surface area contributed by atoms with Gasteiger partial charge in [-0.15, -0.1) is 0 Å². The molecule has 0 aliphatic heterocycles. The van der Waals surface area contributed by atoms with E-state index in [1.165, 1.54) is 0 Å². The van der Waals surface area contributed by atoms with Crippen LogP contribution in [0.3, 0.4) is 0 Å². The first-order valence-electron chi connectivity index (χ1n) is 4.69. The molecule has 0 aliphatic carbocycles. The Balaban J connectivity index is 2.28. The molecular formula is C10H16ClN3. The maximum Gasteiger partial charge on any atom is 0.144 e. The highest BCUT2D eigenvalue weighted by atomic mass is 35.5. The summed E-state index contributed by atoms with van der Waals surface area (Å²) in [4.78, 5) is 6.29. The van der Waals surface area contributed by atoms with Crippen LogP contribution in [0, 0.1) is 0 Å². The van der Waals surface area contributed by atoms with Gasteiger partial charge in [0, 0.05) is 12.7 Å². The van der Waals surface area contributed by atoms with E-state index in [-0.39, 0.29) is 0 Å². The van der Waals surface area contributed by atoms with Crippen molar-refractivity contribution in [3.05, 3.63) is 23.4 Å². The van der Waals surface area contributed by atoms with Gasteiger partial charge in [0.1, 0.15) is 5.82 Å². The van der Waals surface area contributed by atoms with E-state index in [2.05, 4.69) is 29.3 Å². The maximum absolute atomic E-state index is 5.93. The third kappa shape index (κ3) is 3.94. The minimum absolute atomic E-state index is 0.678. The zero-order chi connectivity index (χ0) is 10.4. The van der Waals surface area contributed by atoms with Crippen LogP contribution in [0.1, 0.15) is 6.42 Å². The number of aromatic nitrogens is 1. The Morgan fingerprint density at radius 2 is 2.29 bits per heavy atom. The van der Waals surface area contributed by atoms with E-state index in [1.807, 2.05) is 12.1 Å². The zero-order valence-corrected chi connectivity index (χ0v) is 9.38. The third-order valence-corrected chi connectivity index (χ3v) is 2.14. The molecule has 1 rings (SSSR count). The molecule has 0 saturated carbocycles. The summed E-state index contributed by atoms with van der Waals surface area (Å²) >= 11 is 5.93. The predicted octanol–water partition coefficient (Wildman–Crippen LogP) is 2.10. The zero-order valence-electron chi connectivity index (χ0n) is 8.63. The highest BCUT2D eigenvalue weighted by Gasteiger charge is 1.98. The van der Waals surface area contributed by atoms with E-state index >= 15 is 0 Å². The summed E-state index contributed by atoms with van der Waals surface area (Å²) < 4.78 is 0. The van der Waals surface area contributed by atoms with Gasteiger partial charge in [0.05, 0.1) is 5.02 Å². The first-order valence-corrected chi connectivity index (χ1v) is 5.07. The Labute approximate surface area is 90.1 Å². The minimum atomic E-state index is 0.678. The van der Waals surface area contributed by atoms with Gasteiger partial charge < -0.3 is 10.2 Å². The second kappa shape index (κ2) is 5.83. The number of hydrogen-bond acceptors (Lipinski definition) is 3. The number of anilines is 1. The molecule has 0 radical (unpaired) electrons. The van der Waals surface area contributed by atoms with E-state index in [0.717, 1.165) is 25.3 Å². The lowest BCUT2D eigenvalue weighted by atomic mass is 10.4. The van der Waals surface area contributed by atoms with Gasteiger partial charge in [-0.1, -0.05) is 11.6 Å². The van der Waals surface area contributed by atoms with Gasteiger partial charge in [-0.3, -0.25) is 0 Å². The Kier molecular flexibility index (Phi) is 4.70. The van der Waals surface area contributed by atoms with Gasteiger partial charge in [0.2, 0.25) is 0 Å². The topological polar surface area (TPSA) is 28.2 Å². The van der Waals surface area contributed by atoms with Crippen LogP contribution in [0.5, 0.6) is 0 Å². The average Bonchev–Trinajstić information content (AvgIpc) is 2.15. The van der Waals surface area contributed by atoms with Crippen molar-refractivity contribution in [1.82, 2.24) is 9.88 Å². The maximum atomic E-state index is 5.93. The normalized spacial score (nSPS) is 10.6. The van der Waals surface area contributed by atoms with Crippen LogP contribution in [-0.4, -0.2) is 37.1 Å². The van der Waals surface area contributed by atoms with Gasteiger partial charge in [-0.05, 0) is 39.2 Å². The van der Waals surface area contributed by atoms with Crippen LogP contribution in [0.2, 0.25) is 5.02 Å². The van der Waals surface area contributed by atoms with Crippen LogP contribution in [-0.2, 0) is 0 Å². The number of pyridine rings is 1. The number of rotatable bonds is 5. The van der Waals surface area contributed by atoms with Crippen molar-refractivity contribution in [3.8, 4) is 0 Å². The fourth-order valence-electron chi connectivity index (χ4n) is 1.12. The third-order valence-electron chi connectivity index (χ3n) is 1.83. The molecule has 0 aromatic carbocycles. The van der Waals surface area contributed by atoms with Crippen molar-refractivity contribution in [2.45, 2.75) is 6.42 Å². The van der Waals surface area contributed by atoms with Crippen molar-refractivity contribution in [2.24, 2.45) is 0 Å². The van der Waals surface area contributed by atoms with Gasteiger partial charge in [0.25, 0.3) is 0 Å². The first-order chi connectivity index (χ1) is 6.70. The molecule has 0 saturated heterocycles. The fraction of sp³-hybridized carbons (Fsp3) is 0.500. The highest BCUT2D eigenvalue weighted by Crippen LogP contribution is 2.16.